The molecule has 122 heavy (non-hydrogen) atoms. The summed E-state index contributed by atoms with van der Waals surface area (Å²) in [6.07, 6.45) is 9.21. The van der Waals surface area contributed by atoms with E-state index in [0.29, 0.717) is 32.2 Å². The molecule has 0 saturated heterocycles. The van der Waals surface area contributed by atoms with Crippen molar-refractivity contribution in [3.05, 3.63) is 381 Å². The van der Waals surface area contributed by atoms with Gasteiger partial charge in [-0.3, -0.25) is 43.2 Å². The Morgan fingerprint density at radius 1 is 0.352 bits per heavy atom. The largest absolute Gasteiger partial charge is 0.295 e. The molecule has 0 spiro atoms. The third-order valence-corrected chi connectivity index (χ3v) is 30.9. The zero-order valence-corrected chi connectivity index (χ0v) is 78.2. The first-order chi connectivity index (χ1) is 58.0. The second kappa shape index (κ2) is 41.8. The van der Waals surface area contributed by atoms with Gasteiger partial charge >= 0.3 is 0 Å². The number of thiophene rings is 7. The van der Waals surface area contributed by atoms with Crippen LogP contribution in [0.1, 0.15) is 243 Å². The van der Waals surface area contributed by atoms with Crippen molar-refractivity contribution in [3.63, 3.8) is 0 Å². The number of carbonyl (C=O) groups excluding carboxylic acids is 9. The number of hydrogen-bond acceptors (Lipinski definition) is 18. The smallest absolute Gasteiger partial charge is 0.243 e. The van der Waals surface area contributed by atoms with E-state index in [1.807, 2.05) is 118 Å². The summed E-state index contributed by atoms with van der Waals surface area (Å²) in [4.78, 5) is 117. The summed E-state index contributed by atoms with van der Waals surface area (Å²) in [6.45, 7) is 21.7. The maximum atomic E-state index is 13.2. The van der Waals surface area contributed by atoms with Crippen LogP contribution >= 0.6 is 95.3 Å². The Morgan fingerprint density at radius 3 is 1.22 bits per heavy atom. The first-order valence-electron chi connectivity index (χ1n) is 39.5. The fourth-order valence-electron chi connectivity index (χ4n) is 13.9. The number of carbonyl (C=O) groups is 9. The molecule has 0 bridgehead atoms. The molecule has 0 atom stereocenters. The third-order valence-electron chi connectivity index (χ3n) is 20.6. The molecule has 0 aliphatic heterocycles. The lowest BCUT2D eigenvalue weighted by Gasteiger charge is -2.16. The Hall–Kier alpha value is -10.2. The Balaban J connectivity index is 0.000000139. The maximum Gasteiger partial charge on any atom is 0.243 e. The highest BCUT2D eigenvalue weighted by molar-refractivity contribution is 9.10. The Kier molecular flexibility index (Phi) is 31.7. The first kappa shape index (κ1) is 92.5. The molecule has 0 N–H and O–H groups in total. The summed E-state index contributed by atoms with van der Waals surface area (Å²) in [7, 11) is -3.10. The molecule has 14 aromatic rings. The molecular weight excluding hydrogens is 1740 g/mol. The lowest BCUT2D eigenvalue weighted by atomic mass is 9.90. The van der Waals surface area contributed by atoms with E-state index >= 15 is 0 Å². The lowest BCUT2D eigenvalue weighted by Crippen LogP contribution is -2.13. The Morgan fingerprint density at radius 2 is 0.779 bits per heavy atom. The molecule has 7 aromatic heterocycles. The van der Waals surface area contributed by atoms with Crippen LogP contribution in [0, 0.1) is 47.4 Å². The summed E-state index contributed by atoms with van der Waals surface area (Å²) in [5.41, 5.74) is 21.0. The minimum Gasteiger partial charge on any atom is -0.295 e. The van der Waals surface area contributed by atoms with E-state index in [9.17, 15) is 56.0 Å². The van der Waals surface area contributed by atoms with Crippen LogP contribution in [0.3, 0.4) is 0 Å². The summed E-state index contributed by atoms with van der Waals surface area (Å²) in [5.74, 6) is -0.533. The fourth-order valence-corrected chi connectivity index (χ4v) is 22.2. The molecule has 3 aliphatic rings. The third kappa shape index (κ3) is 25.1. The van der Waals surface area contributed by atoms with Crippen LogP contribution in [0.15, 0.2) is 221 Å². The van der Waals surface area contributed by atoms with Crippen molar-refractivity contribution in [2.24, 2.45) is 0 Å². The van der Waals surface area contributed by atoms with Gasteiger partial charge in [0.05, 0.1) is 24.4 Å². The second-order valence-corrected chi connectivity index (χ2v) is 42.0. The van der Waals surface area contributed by atoms with Crippen LogP contribution in [0.25, 0.3) is 10.4 Å². The van der Waals surface area contributed by atoms with Gasteiger partial charge in [-0.15, -0.1) is 79.4 Å². The van der Waals surface area contributed by atoms with Gasteiger partial charge in [-0.25, -0.2) is 12.8 Å². The van der Waals surface area contributed by atoms with Crippen molar-refractivity contribution in [1.29, 1.82) is 0 Å². The lowest BCUT2D eigenvalue weighted by molar-refractivity contribution is 0.0819. The molecule has 624 valence electrons. The first-order valence-corrected chi connectivity index (χ1v) is 47.9. The van der Waals surface area contributed by atoms with Gasteiger partial charge < -0.3 is 0 Å². The van der Waals surface area contributed by atoms with Gasteiger partial charge in [0.2, 0.25) is 11.6 Å². The van der Waals surface area contributed by atoms with Gasteiger partial charge in [0, 0.05) is 97.7 Å². The van der Waals surface area contributed by atoms with Crippen LogP contribution in [0.5, 0.6) is 0 Å². The predicted molar refractivity (Wildman–Crippen MR) is 504 cm³/mol. The van der Waals surface area contributed by atoms with Crippen LogP contribution in [-0.2, 0) is 67.6 Å². The standard InChI is InChI=1S/C15H12O3S.C15H14O2S.C15H14OS.C15H16OS.C14H11BrOS.C14H11FOS.C13H14O2S2/c1-9-3-8-13(19-9)15(18)14(17)12-6-4-11(5-7-12)10(2)16;1-10-3-8-15(18-10)14(17)9-12-4-6-13(7-5-12)11(2)16;1-9-3-4-11-7-15-13(6-12(11)5-9)8-14(17-15)10(2)16;1-11-3-9-15(17-11)10-6-13-4-7-14(8-5-13)12(2)16;2*1-8(16)13-7-11-4-10-5-12(15)3-2-9(10)6-14(11)17-13;1-9-5-4-6-10(2)13(9)11-7-8-12(16-11)17(3,14)15/h3-8H,1-2H3;3-8H,9H2,1-2H3;3-5,8H,6-7H2,1-2H3;3-5,7-9H,6,10H2,1-2H3;2*2-3,5,7H,4,6H2,1H3;4-8H,1-3H3. The van der Waals surface area contributed by atoms with Crippen molar-refractivity contribution in [2.75, 3.05) is 6.26 Å². The summed E-state index contributed by atoms with van der Waals surface area (Å²) in [6, 6.07) is 66.8. The van der Waals surface area contributed by atoms with E-state index in [0.717, 1.165) is 112 Å². The minimum atomic E-state index is -3.10. The zero-order valence-electron chi connectivity index (χ0n) is 70.1. The summed E-state index contributed by atoms with van der Waals surface area (Å²) in [5, 5.41) is 0. The van der Waals surface area contributed by atoms with Crippen LogP contribution < -0.4 is 0 Å². The van der Waals surface area contributed by atoms with E-state index in [4.69, 9.17) is 0 Å². The summed E-state index contributed by atoms with van der Waals surface area (Å²) < 4.78 is 37.6. The van der Waals surface area contributed by atoms with Crippen LogP contribution in [-0.4, -0.2) is 66.7 Å². The van der Waals surface area contributed by atoms with Gasteiger partial charge in [0.15, 0.2) is 50.3 Å². The van der Waals surface area contributed by atoms with E-state index in [2.05, 4.69) is 103 Å². The molecule has 0 saturated carbocycles. The molecule has 0 amide bonds. The quantitative estimate of drug-likeness (QED) is 0.0623. The molecular formula is C101H92BrFO11S8. The number of rotatable bonds is 17. The average Bonchev–Trinajstić information content (AvgIpc) is 1.62. The molecule has 21 heteroatoms. The molecule has 3 aliphatic carbocycles. The van der Waals surface area contributed by atoms with Crippen molar-refractivity contribution in [1.82, 2.24) is 0 Å². The van der Waals surface area contributed by atoms with E-state index in [1.54, 1.807) is 104 Å². The van der Waals surface area contributed by atoms with E-state index in [-0.39, 0.29) is 46.3 Å². The van der Waals surface area contributed by atoms with Gasteiger partial charge in [-0.05, 0) is 284 Å². The topological polar surface area (TPSA) is 188 Å². The van der Waals surface area contributed by atoms with Crippen molar-refractivity contribution < 1.29 is 56.0 Å². The number of hydrogen-bond donors (Lipinski definition) is 0. The minimum absolute atomic E-state index is 0.0433. The molecule has 17 rings (SSSR count). The van der Waals surface area contributed by atoms with Gasteiger partial charge in [0.1, 0.15) is 10.0 Å². The molecule has 0 fully saturated rings. The normalized spacial score (nSPS) is 11.7. The van der Waals surface area contributed by atoms with Crippen molar-refractivity contribution in [3.8, 4) is 10.4 Å². The monoisotopic (exact) mass is 1830 g/mol. The molecule has 7 heterocycles. The molecule has 11 nitrogen and oxygen atoms in total. The van der Waals surface area contributed by atoms with Gasteiger partial charge in [-0.2, -0.15) is 0 Å². The second-order valence-electron chi connectivity index (χ2n) is 30.4. The molecule has 0 unspecified atom stereocenters. The average molecular weight is 1840 g/mol. The van der Waals surface area contributed by atoms with E-state index in [1.165, 1.54) is 163 Å². The predicted octanol–water partition coefficient (Wildman–Crippen LogP) is 26.0. The highest BCUT2D eigenvalue weighted by Gasteiger charge is 2.25. The molecule has 7 aromatic carbocycles. The number of benzene rings is 7. The van der Waals surface area contributed by atoms with Gasteiger partial charge in [-0.1, -0.05) is 143 Å². The van der Waals surface area contributed by atoms with Crippen molar-refractivity contribution >= 4 is 157 Å². The maximum absolute atomic E-state index is 13.2. The number of halogens is 2. The highest BCUT2D eigenvalue weighted by Crippen LogP contribution is 2.39. The van der Waals surface area contributed by atoms with Gasteiger partial charge in [0.25, 0.3) is 0 Å². The number of sulfone groups is 1. The number of fused-ring (bicyclic) bond motifs is 6. The zero-order chi connectivity index (χ0) is 88.0. The van der Waals surface area contributed by atoms with Crippen LogP contribution in [0.2, 0.25) is 0 Å². The Labute approximate surface area is 749 Å². The highest BCUT2D eigenvalue weighted by atomic mass is 79.9. The summed E-state index contributed by atoms with van der Waals surface area (Å²) >= 11 is 14.4. The molecule has 0 radical (unpaired) electrons. The number of aryl methyl sites for hydroxylation is 8. The fraction of sp³-hybridized carbons (Fsp3) is 0.218. The van der Waals surface area contributed by atoms with Crippen LogP contribution in [0.4, 0.5) is 4.39 Å². The number of ketones is 9. The SMILES string of the molecule is CC(=O)c1cc2c(s1)Cc1ccc(Br)cc1C2.CC(=O)c1cc2c(s1)Cc1ccc(C)cc1C2.CC(=O)c1cc2c(s1)Cc1ccc(F)cc1C2.CC(=O)c1ccc(C(=O)C(=O)c2ccc(C)s2)cc1.CC(=O)c1ccc(CC(=O)c2ccc(C)s2)cc1.CC(=O)c1ccc(CCc2ccc(C)s2)cc1.Cc1cccc(C)c1-c1ccc(S(C)(=O)=O)s1. The van der Waals surface area contributed by atoms with Crippen molar-refractivity contribution in [2.45, 2.75) is 145 Å². The number of Topliss-reactive ketones (excluding diaryl/α,β-unsaturated/α-hetero) is 9. The van der Waals surface area contributed by atoms with E-state index < -0.39 is 21.4 Å². The Bertz CT molecular complexity index is 6110.